The summed E-state index contributed by atoms with van der Waals surface area (Å²) in [4.78, 5) is 26.3. The molecular weight excluding hydrogens is 456 g/mol. The summed E-state index contributed by atoms with van der Waals surface area (Å²) >= 11 is 1.29. The largest absolute Gasteiger partial charge is 0.493 e. The van der Waals surface area contributed by atoms with E-state index in [4.69, 9.17) is 14.2 Å². The summed E-state index contributed by atoms with van der Waals surface area (Å²) in [5.74, 6) is 1.40. The molecule has 0 saturated carbocycles. The van der Waals surface area contributed by atoms with Crippen molar-refractivity contribution in [2.45, 2.75) is 30.3 Å². The molecule has 0 aliphatic rings. The van der Waals surface area contributed by atoms with Crippen LogP contribution in [-0.2, 0) is 11.3 Å². The van der Waals surface area contributed by atoms with Gasteiger partial charge >= 0.3 is 0 Å². The Morgan fingerprint density at radius 2 is 1.82 bits per heavy atom. The summed E-state index contributed by atoms with van der Waals surface area (Å²) in [5.41, 5.74) is 1.08. The van der Waals surface area contributed by atoms with Crippen molar-refractivity contribution < 1.29 is 19.0 Å². The Labute approximate surface area is 200 Å². The second kappa shape index (κ2) is 10.3. The first-order valence-electron chi connectivity index (χ1n) is 10.8. The zero-order valence-electron chi connectivity index (χ0n) is 19.5. The Bertz CT molecular complexity index is 1400. The Hall–Kier alpha value is -3.37. The highest BCUT2D eigenvalue weighted by Gasteiger charge is 2.23. The number of aromatic nitrogens is 4. The quantitative estimate of drug-likeness (QED) is 0.193. The molecule has 1 unspecified atom stereocenters. The smallest absolute Gasteiger partial charge is 0.262 e. The number of rotatable bonds is 10. The van der Waals surface area contributed by atoms with Gasteiger partial charge in [-0.3, -0.25) is 18.6 Å². The maximum Gasteiger partial charge on any atom is 0.262 e. The average molecular weight is 483 g/mol. The monoisotopic (exact) mass is 482 g/mol. The molecule has 34 heavy (non-hydrogen) atoms. The third-order valence-electron chi connectivity index (χ3n) is 5.53. The van der Waals surface area contributed by atoms with Gasteiger partial charge in [0.05, 0.1) is 30.4 Å². The summed E-state index contributed by atoms with van der Waals surface area (Å²) in [6.45, 7) is 2.80. The molecule has 0 saturated heterocycles. The van der Waals surface area contributed by atoms with E-state index < -0.39 is 5.25 Å². The average Bonchev–Trinajstić information content (AvgIpc) is 3.28. The normalized spacial score (nSPS) is 12.2. The molecule has 0 bridgehead atoms. The van der Waals surface area contributed by atoms with E-state index in [2.05, 4.69) is 10.2 Å². The minimum absolute atomic E-state index is 0.0829. The van der Waals surface area contributed by atoms with E-state index >= 15 is 0 Å². The molecule has 9 nitrogen and oxygen atoms in total. The summed E-state index contributed by atoms with van der Waals surface area (Å²) < 4.78 is 19.2. The van der Waals surface area contributed by atoms with Crippen LogP contribution in [0, 0.1) is 0 Å². The number of aryl methyl sites for hydroxylation is 1. The van der Waals surface area contributed by atoms with E-state index in [1.807, 2.05) is 29.5 Å². The van der Waals surface area contributed by atoms with Crippen LogP contribution in [0.3, 0.4) is 0 Å². The minimum Gasteiger partial charge on any atom is -0.493 e. The second-order valence-corrected chi connectivity index (χ2v) is 8.94. The SMILES string of the molecule is COCCCn1c(=O)c2ccccc2n2c(SC(C)C(=O)c3ccc(OC)c(OC)c3)nnc12. The highest BCUT2D eigenvalue weighted by atomic mass is 32.2. The van der Waals surface area contributed by atoms with Crippen LogP contribution < -0.4 is 15.0 Å². The van der Waals surface area contributed by atoms with Crippen LogP contribution in [0.4, 0.5) is 0 Å². The maximum absolute atomic E-state index is 13.2. The molecule has 0 spiro atoms. The molecule has 0 aliphatic carbocycles. The molecule has 0 aliphatic heterocycles. The van der Waals surface area contributed by atoms with Gasteiger partial charge in [-0.15, -0.1) is 10.2 Å². The topological polar surface area (TPSA) is 97.0 Å². The highest BCUT2D eigenvalue weighted by molar-refractivity contribution is 8.00. The van der Waals surface area contributed by atoms with Crippen molar-refractivity contribution in [1.29, 1.82) is 0 Å². The maximum atomic E-state index is 13.2. The number of ketones is 1. The molecule has 178 valence electrons. The van der Waals surface area contributed by atoms with Crippen LogP contribution in [0.5, 0.6) is 11.5 Å². The predicted octanol–water partition coefficient (Wildman–Crippen LogP) is 3.46. The van der Waals surface area contributed by atoms with E-state index in [0.29, 0.717) is 58.5 Å². The molecule has 2 aromatic carbocycles. The standard InChI is InChI=1S/C24H26N4O5S/c1-15(21(29)16-10-11-19(32-3)20(14-16)33-4)34-24-26-25-23-27(12-7-13-31-2)22(30)17-8-5-6-9-18(17)28(23)24/h5-6,8-11,14-15H,7,12-13H2,1-4H3. The van der Waals surface area contributed by atoms with Crippen LogP contribution in [0.2, 0.25) is 0 Å². The van der Waals surface area contributed by atoms with Gasteiger partial charge in [-0.2, -0.15) is 0 Å². The van der Waals surface area contributed by atoms with Crippen LogP contribution in [-0.4, -0.2) is 58.1 Å². The number of methoxy groups -OCH3 is 3. The first-order valence-corrected chi connectivity index (χ1v) is 11.7. The fraction of sp³-hybridized carbons (Fsp3) is 0.333. The van der Waals surface area contributed by atoms with Crippen LogP contribution in [0.1, 0.15) is 23.7 Å². The molecule has 1 atom stereocenters. The highest BCUT2D eigenvalue weighted by Crippen LogP contribution is 2.31. The number of carbonyl (C=O) groups is 1. The van der Waals surface area contributed by atoms with Gasteiger partial charge in [0.15, 0.2) is 22.4 Å². The van der Waals surface area contributed by atoms with Crippen molar-refractivity contribution in [3.63, 3.8) is 0 Å². The molecule has 0 radical (unpaired) electrons. The van der Waals surface area contributed by atoms with Gasteiger partial charge in [0, 0.05) is 25.8 Å². The fourth-order valence-electron chi connectivity index (χ4n) is 3.81. The van der Waals surface area contributed by atoms with E-state index in [1.165, 1.54) is 18.9 Å². The minimum atomic E-state index is -0.460. The number of Topliss-reactive ketones (excluding diaryl/α,β-unsaturated/α-hetero) is 1. The molecule has 4 aromatic rings. The molecule has 0 fully saturated rings. The van der Waals surface area contributed by atoms with Gasteiger partial charge in [0.25, 0.3) is 5.56 Å². The van der Waals surface area contributed by atoms with Gasteiger partial charge < -0.3 is 14.2 Å². The van der Waals surface area contributed by atoms with Crippen LogP contribution >= 0.6 is 11.8 Å². The lowest BCUT2D eigenvalue weighted by Crippen LogP contribution is -2.24. The summed E-state index contributed by atoms with van der Waals surface area (Å²) in [6.07, 6.45) is 0.661. The Morgan fingerprint density at radius 1 is 1.06 bits per heavy atom. The lowest BCUT2D eigenvalue weighted by atomic mass is 10.1. The number of benzene rings is 2. The molecular formula is C24H26N4O5S. The number of hydrogen-bond donors (Lipinski definition) is 0. The van der Waals surface area contributed by atoms with Gasteiger partial charge in [0.1, 0.15) is 0 Å². The number of ether oxygens (including phenoxy) is 3. The molecule has 4 rings (SSSR count). The molecule has 2 aromatic heterocycles. The Kier molecular flexibility index (Phi) is 7.18. The zero-order chi connectivity index (χ0) is 24.2. The molecule has 0 N–H and O–H groups in total. The number of carbonyl (C=O) groups excluding carboxylic acids is 1. The van der Waals surface area contributed by atoms with Gasteiger partial charge in [-0.25, -0.2) is 0 Å². The molecule has 10 heteroatoms. The summed E-state index contributed by atoms with van der Waals surface area (Å²) in [7, 11) is 4.71. The van der Waals surface area contributed by atoms with Gasteiger partial charge in [-0.05, 0) is 43.7 Å². The lowest BCUT2D eigenvalue weighted by Gasteiger charge is -2.13. The van der Waals surface area contributed by atoms with E-state index in [0.717, 1.165) is 0 Å². The predicted molar refractivity (Wildman–Crippen MR) is 130 cm³/mol. The first-order chi connectivity index (χ1) is 16.5. The van der Waals surface area contributed by atoms with E-state index in [-0.39, 0.29) is 11.3 Å². The summed E-state index contributed by atoms with van der Waals surface area (Å²) in [5, 5.41) is 9.29. The van der Waals surface area contributed by atoms with Crippen LogP contribution in [0.15, 0.2) is 52.4 Å². The van der Waals surface area contributed by atoms with Crippen molar-refractivity contribution in [3.05, 3.63) is 58.4 Å². The van der Waals surface area contributed by atoms with Crippen molar-refractivity contribution >= 4 is 34.2 Å². The van der Waals surface area contributed by atoms with Crippen molar-refractivity contribution in [3.8, 4) is 11.5 Å². The number of para-hydroxylation sites is 1. The summed E-state index contributed by atoms with van der Waals surface area (Å²) in [6, 6.07) is 12.4. The van der Waals surface area contributed by atoms with Gasteiger partial charge in [-0.1, -0.05) is 23.9 Å². The first kappa shape index (κ1) is 23.8. The number of nitrogens with zero attached hydrogens (tertiary/aromatic N) is 4. The van der Waals surface area contributed by atoms with Crippen molar-refractivity contribution in [2.24, 2.45) is 0 Å². The second-order valence-electron chi connectivity index (χ2n) is 7.63. The third kappa shape index (κ3) is 4.38. The number of hydrogen-bond acceptors (Lipinski definition) is 8. The fourth-order valence-corrected chi connectivity index (χ4v) is 4.75. The Balaban J connectivity index is 1.72. The van der Waals surface area contributed by atoms with Crippen molar-refractivity contribution in [2.75, 3.05) is 27.9 Å². The van der Waals surface area contributed by atoms with Crippen molar-refractivity contribution in [1.82, 2.24) is 19.2 Å². The number of fused-ring (bicyclic) bond motifs is 3. The molecule has 0 amide bonds. The molecule has 2 heterocycles. The Morgan fingerprint density at radius 3 is 2.56 bits per heavy atom. The number of thioether (sulfide) groups is 1. The zero-order valence-corrected chi connectivity index (χ0v) is 20.3. The third-order valence-corrected chi connectivity index (χ3v) is 6.57. The van der Waals surface area contributed by atoms with Gasteiger partial charge in [0.2, 0.25) is 5.78 Å². The van der Waals surface area contributed by atoms with E-state index in [9.17, 15) is 9.59 Å². The lowest BCUT2D eigenvalue weighted by molar-refractivity contribution is 0.0993. The van der Waals surface area contributed by atoms with E-state index in [1.54, 1.807) is 43.1 Å². The van der Waals surface area contributed by atoms with Crippen LogP contribution in [0.25, 0.3) is 16.7 Å².